The highest BCUT2D eigenvalue weighted by molar-refractivity contribution is 5.37. The Kier molecular flexibility index (Phi) is 2.44. The molecule has 0 fully saturated rings. The molecule has 4 heteroatoms. The van der Waals surface area contributed by atoms with Gasteiger partial charge in [-0.05, 0) is 31.2 Å². The highest BCUT2D eigenvalue weighted by atomic mass is 19.1. The number of hydrogen-bond acceptors (Lipinski definition) is 2. The first kappa shape index (κ1) is 10.5. The Labute approximate surface area is 99.3 Å². The zero-order valence-electron chi connectivity index (χ0n) is 9.65. The minimum absolute atomic E-state index is 0.210. The average molecular weight is 231 g/mol. The summed E-state index contributed by atoms with van der Waals surface area (Å²) in [6.07, 6.45) is 2.78. The van der Waals surface area contributed by atoms with Crippen molar-refractivity contribution in [3.8, 4) is 5.69 Å². The number of nitrogens with one attached hydrogen (secondary N) is 1. The lowest BCUT2D eigenvalue weighted by Gasteiger charge is -2.20. The van der Waals surface area contributed by atoms with Crippen molar-refractivity contribution < 1.29 is 4.39 Å². The number of fused-ring (bicyclic) bond motifs is 1. The Bertz CT molecular complexity index is 530. The van der Waals surface area contributed by atoms with Gasteiger partial charge in [-0.15, -0.1) is 0 Å². The molecule has 1 aliphatic rings. The molecular weight excluding hydrogens is 217 g/mol. The summed E-state index contributed by atoms with van der Waals surface area (Å²) >= 11 is 0. The van der Waals surface area contributed by atoms with Crippen molar-refractivity contribution in [2.45, 2.75) is 19.4 Å². The molecule has 3 nitrogen and oxygen atoms in total. The summed E-state index contributed by atoms with van der Waals surface area (Å²) in [5.41, 5.74) is 3.29. The molecule has 0 saturated heterocycles. The molecule has 1 aliphatic heterocycles. The minimum atomic E-state index is -0.210. The van der Waals surface area contributed by atoms with Crippen LogP contribution in [-0.2, 0) is 6.42 Å². The van der Waals surface area contributed by atoms with E-state index in [2.05, 4.69) is 17.2 Å². The summed E-state index contributed by atoms with van der Waals surface area (Å²) < 4.78 is 14.9. The predicted molar refractivity (Wildman–Crippen MR) is 63.6 cm³/mol. The van der Waals surface area contributed by atoms with E-state index in [9.17, 15) is 4.39 Å². The first-order chi connectivity index (χ1) is 8.25. The lowest BCUT2D eigenvalue weighted by molar-refractivity contribution is 0.523. The molecule has 1 atom stereocenters. The molecule has 0 aliphatic carbocycles. The van der Waals surface area contributed by atoms with Gasteiger partial charge in [0.1, 0.15) is 5.82 Å². The van der Waals surface area contributed by atoms with Crippen LogP contribution in [0, 0.1) is 5.82 Å². The Hall–Kier alpha value is -1.68. The van der Waals surface area contributed by atoms with Gasteiger partial charge in [-0.2, -0.15) is 0 Å². The summed E-state index contributed by atoms with van der Waals surface area (Å²) in [7, 11) is 0. The minimum Gasteiger partial charge on any atom is -0.308 e. The quantitative estimate of drug-likeness (QED) is 0.815. The zero-order valence-corrected chi connectivity index (χ0v) is 9.65. The zero-order chi connectivity index (χ0) is 11.8. The molecular formula is C13H14FN3. The fourth-order valence-corrected chi connectivity index (χ4v) is 2.33. The van der Waals surface area contributed by atoms with Crippen molar-refractivity contribution in [1.29, 1.82) is 0 Å². The van der Waals surface area contributed by atoms with Crippen molar-refractivity contribution in [3.05, 3.63) is 47.8 Å². The van der Waals surface area contributed by atoms with Crippen LogP contribution in [0.4, 0.5) is 4.39 Å². The number of benzene rings is 1. The average Bonchev–Trinajstić information content (AvgIpc) is 2.75. The van der Waals surface area contributed by atoms with E-state index in [1.807, 2.05) is 10.9 Å². The molecule has 1 unspecified atom stereocenters. The van der Waals surface area contributed by atoms with Crippen LogP contribution in [0.1, 0.15) is 24.4 Å². The van der Waals surface area contributed by atoms with Gasteiger partial charge in [0.25, 0.3) is 0 Å². The van der Waals surface area contributed by atoms with Crippen LogP contribution in [0.25, 0.3) is 5.69 Å². The van der Waals surface area contributed by atoms with E-state index in [1.165, 1.54) is 17.8 Å². The van der Waals surface area contributed by atoms with E-state index in [-0.39, 0.29) is 5.82 Å². The van der Waals surface area contributed by atoms with E-state index < -0.39 is 0 Å². The van der Waals surface area contributed by atoms with Crippen LogP contribution in [0.3, 0.4) is 0 Å². The summed E-state index contributed by atoms with van der Waals surface area (Å²) in [6, 6.07) is 6.81. The van der Waals surface area contributed by atoms with Gasteiger partial charge in [0, 0.05) is 30.4 Å². The van der Waals surface area contributed by atoms with Crippen LogP contribution in [0.15, 0.2) is 30.6 Å². The van der Waals surface area contributed by atoms with Gasteiger partial charge in [-0.1, -0.05) is 0 Å². The van der Waals surface area contributed by atoms with E-state index in [1.54, 1.807) is 12.1 Å². The van der Waals surface area contributed by atoms with Crippen molar-refractivity contribution in [2.24, 2.45) is 0 Å². The van der Waals surface area contributed by atoms with Gasteiger partial charge in [0.05, 0.1) is 12.0 Å². The van der Waals surface area contributed by atoms with Crippen LogP contribution < -0.4 is 5.32 Å². The van der Waals surface area contributed by atoms with Crippen LogP contribution >= 0.6 is 0 Å². The third kappa shape index (κ3) is 1.74. The highest BCUT2D eigenvalue weighted by Gasteiger charge is 2.21. The topological polar surface area (TPSA) is 29.9 Å². The summed E-state index contributed by atoms with van der Waals surface area (Å²) in [4.78, 5) is 4.44. The van der Waals surface area contributed by atoms with Crippen molar-refractivity contribution >= 4 is 0 Å². The molecule has 2 heterocycles. The van der Waals surface area contributed by atoms with Gasteiger partial charge < -0.3 is 9.88 Å². The first-order valence-electron chi connectivity index (χ1n) is 5.81. The molecule has 1 aromatic heterocycles. The summed E-state index contributed by atoms with van der Waals surface area (Å²) in [5, 5.41) is 3.38. The normalized spacial score (nSPS) is 19.1. The van der Waals surface area contributed by atoms with Crippen LogP contribution in [-0.4, -0.2) is 16.1 Å². The molecule has 0 bridgehead atoms. The maximum Gasteiger partial charge on any atom is 0.123 e. The molecule has 2 aromatic rings. The van der Waals surface area contributed by atoms with Crippen molar-refractivity contribution in [2.75, 3.05) is 6.54 Å². The van der Waals surface area contributed by atoms with Gasteiger partial charge in [-0.3, -0.25) is 0 Å². The molecule has 0 amide bonds. The predicted octanol–water partition coefficient (Wildman–Crippen LogP) is 2.22. The third-order valence-corrected chi connectivity index (χ3v) is 3.23. The van der Waals surface area contributed by atoms with Crippen LogP contribution in [0.5, 0.6) is 0 Å². The van der Waals surface area contributed by atoms with Crippen molar-refractivity contribution in [1.82, 2.24) is 14.9 Å². The lowest BCUT2D eigenvalue weighted by atomic mass is 10.1. The fraction of sp³-hybridized carbons (Fsp3) is 0.308. The Morgan fingerprint density at radius 1 is 1.35 bits per heavy atom. The van der Waals surface area contributed by atoms with E-state index in [0.717, 1.165) is 24.3 Å². The molecule has 1 N–H and O–H groups in total. The Morgan fingerprint density at radius 3 is 2.88 bits per heavy atom. The van der Waals surface area contributed by atoms with E-state index in [4.69, 9.17) is 0 Å². The number of rotatable bonds is 1. The summed E-state index contributed by atoms with van der Waals surface area (Å²) in [6.45, 7) is 3.07. The third-order valence-electron chi connectivity index (χ3n) is 3.23. The van der Waals surface area contributed by atoms with Gasteiger partial charge >= 0.3 is 0 Å². The molecule has 0 radical (unpaired) electrons. The SMILES string of the molecule is CC1NCCc2c1ncn2-c1ccc(F)cc1. The Balaban J connectivity index is 2.07. The molecule has 0 saturated carbocycles. The highest BCUT2D eigenvalue weighted by Crippen LogP contribution is 2.23. The standard InChI is InChI=1S/C13H14FN3/c1-9-13-12(6-7-15-9)17(8-16-13)11-4-2-10(14)3-5-11/h2-5,8-9,15H,6-7H2,1H3. The van der Waals surface area contributed by atoms with Gasteiger partial charge in [0.2, 0.25) is 0 Å². The van der Waals surface area contributed by atoms with Gasteiger partial charge in [0.15, 0.2) is 0 Å². The summed E-state index contributed by atoms with van der Waals surface area (Å²) in [5.74, 6) is -0.210. The first-order valence-corrected chi connectivity index (χ1v) is 5.81. The lowest BCUT2D eigenvalue weighted by Crippen LogP contribution is -2.28. The van der Waals surface area contributed by atoms with E-state index in [0.29, 0.717) is 6.04 Å². The van der Waals surface area contributed by atoms with Crippen LogP contribution in [0.2, 0.25) is 0 Å². The maximum absolute atomic E-state index is 12.9. The number of imidazole rings is 1. The second kappa shape index (κ2) is 3.96. The monoisotopic (exact) mass is 231 g/mol. The maximum atomic E-state index is 12.9. The molecule has 1 aromatic carbocycles. The largest absolute Gasteiger partial charge is 0.308 e. The molecule has 3 rings (SSSR count). The Morgan fingerprint density at radius 2 is 2.12 bits per heavy atom. The van der Waals surface area contributed by atoms with E-state index >= 15 is 0 Å². The second-order valence-corrected chi connectivity index (χ2v) is 4.35. The number of aromatic nitrogens is 2. The number of halogens is 1. The van der Waals surface area contributed by atoms with Gasteiger partial charge in [-0.25, -0.2) is 9.37 Å². The van der Waals surface area contributed by atoms with Crippen molar-refractivity contribution in [3.63, 3.8) is 0 Å². The molecule has 88 valence electrons. The number of nitrogens with zero attached hydrogens (tertiary/aromatic N) is 2. The molecule has 17 heavy (non-hydrogen) atoms. The number of hydrogen-bond donors (Lipinski definition) is 1. The second-order valence-electron chi connectivity index (χ2n) is 4.35. The smallest absolute Gasteiger partial charge is 0.123 e. The molecule has 0 spiro atoms. The fourth-order valence-electron chi connectivity index (χ4n) is 2.33.